The number of benzene rings is 1. The summed E-state index contributed by atoms with van der Waals surface area (Å²) in [5.74, 6) is 0.698. The average Bonchev–Trinajstić information content (AvgIpc) is 2.24. The Kier molecular flexibility index (Phi) is 4.93. The molecular weight excluding hydrogens is 246 g/mol. The van der Waals surface area contributed by atoms with E-state index in [2.05, 4.69) is 30.7 Å². The SMILES string of the molecule is CC(C)c1ccc([C@H](NS(C)(=O)=O)C(C)C)cc1. The van der Waals surface area contributed by atoms with Gasteiger partial charge in [0.2, 0.25) is 10.0 Å². The van der Waals surface area contributed by atoms with Crippen LogP contribution in [0.4, 0.5) is 0 Å². The standard InChI is InChI=1S/C14H23NO2S/c1-10(2)12-6-8-13(9-7-12)14(11(3)4)15-18(5,16)17/h6-11,14-15H,1-5H3/t14-/m1/s1. The van der Waals surface area contributed by atoms with Crippen LogP contribution in [0.2, 0.25) is 0 Å². The number of sulfonamides is 1. The molecule has 0 aliphatic carbocycles. The highest BCUT2D eigenvalue weighted by atomic mass is 32.2. The molecule has 1 aromatic carbocycles. The summed E-state index contributed by atoms with van der Waals surface area (Å²) in [4.78, 5) is 0. The molecule has 0 heterocycles. The van der Waals surface area contributed by atoms with Gasteiger partial charge in [0.15, 0.2) is 0 Å². The average molecular weight is 269 g/mol. The van der Waals surface area contributed by atoms with Gasteiger partial charge >= 0.3 is 0 Å². The first-order chi connectivity index (χ1) is 8.20. The van der Waals surface area contributed by atoms with Crippen molar-refractivity contribution in [1.29, 1.82) is 0 Å². The minimum atomic E-state index is -3.19. The summed E-state index contributed by atoms with van der Waals surface area (Å²) in [7, 11) is -3.19. The number of hydrogen-bond acceptors (Lipinski definition) is 2. The molecule has 18 heavy (non-hydrogen) atoms. The highest BCUT2D eigenvalue weighted by Crippen LogP contribution is 2.24. The Bertz CT molecular complexity index is 475. The van der Waals surface area contributed by atoms with E-state index in [9.17, 15) is 8.42 Å². The van der Waals surface area contributed by atoms with E-state index in [1.807, 2.05) is 26.0 Å². The molecule has 1 rings (SSSR count). The van der Waals surface area contributed by atoms with Crippen LogP contribution in [0.25, 0.3) is 0 Å². The van der Waals surface area contributed by atoms with Crippen LogP contribution in [0.15, 0.2) is 24.3 Å². The molecule has 0 radical (unpaired) electrons. The first-order valence-electron chi connectivity index (χ1n) is 6.28. The van der Waals surface area contributed by atoms with E-state index < -0.39 is 10.0 Å². The van der Waals surface area contributed by atoms with Crippen LogP contribution in [-0.2, 0) is 10.0 Å². The van der Waals surface area contributed by atoms with Gasteiger partial charge < -0.3 is 0 Å². The van der Waals surface area contributed by atoms with Gasteiger partial charge in [-0.15, -0.1) is 0 Å². The third-order valence-corrected chi connectivity index (χ3v) is 3.65. The van der Waals surface area contributed by atoms with E-state index in [-0.39, 0.29) is 12.0 Å². The van der Waals surface area contributed by atoms with Gasteiger partial charge in [-0.1, -0.05) is 52.0 Å². The van der Waals surface area contributed by atoms with Crippen LogP contribution in [0.1, 0.15) is 50.8 Å². The second-order valence-electron chi connectivity index (χ2n) is 5.43. The molecule has 102 valence electrons. The monoisotopic (exact) mass is 269 g/mol. The zero-order chi connectivity index (χ0) is 13.9. The van der Waals surface area contributed by atoms with Gasteiger partial charge in [0.1, 0.15) is 0 Å². The second kappa shape index (κ2) is 5.85. The van der Waals surface area contributed by atoms with Crippen LogP contribution < -0.4 is 4.72 Å². The fraction of sp³-hybridized carbons (Fsp3) is 0.571. The van der Waals surface area contributed by atoms with Crippen molar-refractivity contribution in [3.05, 3.63) is 35.4 Å². The van der Waals surface area contributed by atoms with Gasteiger partial charge in [-0.3, -0.25) is 0 Å². The Hall–Kier alpha value is -0.870. The number of nitrogens with one attached hydrogen (secondary N) is 1. The Labute approximate surface area is 111 Å². The van der Waals surface area contributed by atoms with Crippen LogP contribution in [0.3, 0.4) is 0 Å². The Morgan fingerprint density at radius 2 is 1.39 bits per heavy atom. The summed E-state index contributed by atoms with van der Waals surface area (Å²) in [5, 5.41) is 0. The van der Waals surface area contributed by atoms with Crippen molar-refractivity contribution in [3.8, 4) is 0 Å². The van der Waals surface area contributed by atoms with Crippen molar-refractivity contribution in [2.45, 2.75) is 39.7 Å². The van der Waals surface area contributed by atoms with Gasteiger partial charge in [-0.2, -0.15) is 0 Å². The van der Waals surface area contributed by atoms with E-state index in [1.54, 1.807) is 0 Å². The molecule has 0 saturated heterocycles. The maximum absolute atomic E-state index is 11.4. The molecule has 0 aliphatic rings. The molecule has 3 nitrogen and oxygen atoms in total. The Morgan fingerprint density at radius 3 is 1.72 bits per heavy atom. The smallest absolute Gasteiger partial charge is 0.209 e. The highest BCUT2D eigenvalue weighted by Gasteiger charge is 2.19. The zero-order valence-corrected chi connectivity index (χ0v) is 12.6. The van der Waals surface area contributed by atoms with Crippen LogP contribution in [0.5, 0.6) is 0 Å². The topological polar surface area (TPSA) is 46.2 Å². The summed E-state index contributed by atoms with van der Waals surface area (Å²) in [5.41, 5.74) is 2.28. The number of rotatable bonds is 5. The zero-order valence-electron chi connectivity index (χ0n) is 11.8. The lowest BCUT2D eigenvalue weighted by atomic mass is 9.94. The van der Waals surface area contributed by atoms with Crippen molar-refractivity contribution < 1.29 is 8.42 Å². The lowest BCUT2D eigenvalue weighted by Gasteiger charge is -2.22. The summed E-state index contributed by atoms with van der Waals surface area (Å²) < 4.78 is 25.5. The van der Waals surface area contributed by atoms with Gasteiger partial charge in [-0.25, -0.2) is 13.1 Å². The van der Waals surface area contributed by atoms with Gasteiger partial charge in [0, 0.05) is 6.04 Å². The van der Waals surface area contributed by atoms with Crippen LogP contribution in [-0.4, -0.2) is 14.7 Å². The molecule has 0 bridgehead atoms. The van der Waals surface area contributed by atoms with Gasteiger partial charge in [0.05, 0.1) is 6.26 Å². The molecular formula is C14H23NO2S. The minimum absolute atomic E-state index is 0.166. The predicted octanol–water partition coefficient (Wildman–Crippen LogP) is 3.06. The van der Waals surface area contributed by atoms with Crippen molar-refractivity contribution in [2.24, 2.45) is 5.92 Å². The molecule has 0 aromatic heterocycles. The summed E-state index contributed by atoms with van der Waals surface area (Å²) >= 11 is 0. The van der Waals surface area contributed by atoms with E-state index in [0.29, 0.717) is 5.92 Å². The first-order valence-corrected chi connectivity index (χ1v) is 8.17. The third-order valence-electron chi connectivity index (χ3n) is 2.97. The summed E-state index contributed by atoms with van der Waals surface area (Å²) in [6, 6.07) is 8.00. The van der Waals surface area contributed by atoms with Crippen molar-refractivity contribution in [2.75, 3.05) is 6.26 Å². The number of hydrogen-bond donors (Lipinski definition) is 1. The van der Waals surface area contributed by atoms with Crippen molar-refractivity contribution >= 4 is 10.0 Å². The quantitative estimate of drug-likeness (QED) is 0.893. The minimum Gasteiger partial charge on any atom is -0.213 e. The van der Waals surface area contributed by atoms with E-state index in [1.165, 1.54) is 11.8 Å². The normalized spacial score (nSPS) is 14.2. The van der Waals surface area contributed by atoms with Gasteiger partial charge in [-0.05, 0) is 23.0 Å². The van der Waals surface area contributed by atoms with E-state index in [0.717, 1.165) is 5.56 Å². The Morgan fingerprint density at radius 1 is 0.944 bits per heavy atom. The van der Waals surface area contributed by atoms with Gasteiger partial charge in [0.25, 0.3) is 0 Å². The second-order valence-corrected chi connectivity index (χ2v) is 7.21. The molecule has 0 unspecified atom stereocenters. The molecule has 0 spiro atoms. The van der Waals surface area contributed by atoms with Crippen molar-refractivity contribution in [3.63, 3.8) is 0 Å². The fourth-order valence-electron chi connectivity index (χ4n) is 1.91. The van der Waals surface area contributed by atoms with E-state index in [4.69, 9.17) is 0 Å². The summed E-state index contributed by atoms with van der Waals surface area (Å²) in [6.45, 7) is 8.31. The molecule has 0 aliphatic heterocycles. The fourth-order valence-corrected chi connectivity index (χ4v) is 2.78. The molecule has 4 heteroatoms. The Balaban J connectivity index is 3.00. The van der Waals surface area contributed by atoms with E-state index >= 15 is 0 Å². The highest BCUT2D eigenvalue weighted by molar-refractivity contribution is 7.88. The van der Waals surface area contributed by atoms with Crippen LogP contribution in [0, 0.1) is 5.92 Å². The molecule has 1 N–H and O–H groups in total. The molecule has 0 amide bonds. The maximum atomic E-state index is 11.4. The molecule has 0 saturated carbocycles. The molecule has 1 atom stereocenters. The third kappa shape index (κ3) is 4.42. The van der Waals surface area contributed by atoms with Crippen molar-refractivity contribution in [1.82, 2.24) is 4.72 Å². The maximum Gasteiger partial charge on any atom is 0.209 e. The summed E-state index contributed by atoms with van der Waals surface area (Å²) in [6.07, 6.45) is 1.20. The molecule has 0 fully saturated rings. The largest absolute Gasteiger partial charge is 0.213 e. The predicted molar refractivity (Wildman–Crippen MR) is 76.1 cm³/mol. The molecule has 1 aromatic rings. The van der Waals surface area contributed by atoms with Crippen LogP contribution >= 0.6 is 0 Å². The first kappa shape index (κ1) is 15.2. The lowest BCUT2D eigenvalue weighted by molar-refractivity contribution is 0.465. The lowest BCUT2D eigenvalue weighted by Crippen LogP contribution is -2.30.